The molecule has 0 radical (unpaired) electrons. The Labute approximate surface area is 174 Å². The first-order chi connectivity index (χ1) is 14.0. The second kappa shape index (κ2) is 11.4. The molecule has 0 bridgehead atoms. The summed E-state index contributed by atoms with van der Waals surface area (Å²) in [6.07, 6.45) is 13.0. The van der Waals surface area contributed by atoms with Crippen LogP contribution in [0.4, 0.5) is 0 Å². The normalized spacial score (nSPS) is 20.8. The minimum absolute atomic E-state index is 0.217. The molecule has 0 amide bonds. The molecule has 2 aliphatic rings. The van der Waals surface area contributed by atoms with Crippen LogP contribution in [-0.2, 0) is 10.0 Å². The summed E-state index contributed by atoms with van der Waals surface area (Å²) in [4.78, 5) is 6.87. The number of allylic oxidation sites excluding steroid dienone is 7. The van der Waals surface area contributed by atoms with Crippen LogP contribution >= 0.6 is 0 Å². The lowest BCUT2D eigenvalue weighted by molar-refractivity contribution is 0.345. The van der Waals surface area contributed by atoms with Gasteiger partial charge in [0.15, 0.2) is 0 Å². The standard InChI is InChI=1S/C21H29N5O2S/c1-3-8-21-19(9-7-12-22)17-26(29(27,28)20-10-5-6-11-20)16-15-25(21)14-13-24-18-23-4-2/h3,5-6,8-10,18H,1,4,7,11,13-17H2,2H3,(H,23,24)/b19-9-,21-8+. The molecule has 1 aliphatic heterocycles. The number of hydrogen-bond donors (Lipinski definition) is 1. The minimum atomic E-state index is -3.55. The van der Waals surface area contributed by atoms with Crippen molar-refractivity contribution in [2.24, 2.45) is 4.99 Å². The van der Waals surface area contributed by atoms with Gasteiger partial charge in [0.25, 0.3) is 0 Å². The Morgan fingerprint density at radius 2 is 2.24 bits per heavy atom. The molecule has 156 valence electrons. The zero-order valence-electron chi connectivity index (χ0n) is 16.9. The van der Waals surface area contributed by atoms with Gasteiger partial charge in [0.05, 0.1) is 30.3 Å². The molecule has 7 nitrogen and oxygen atoms in total. The van der Waals surface area contributed by atoms with Gasteiger partial charge in [-0.3, -0.25) is 4.99 Å². The zero-order chi connectivity index (χ0) is 21.1. The van der Waals surface area contributed by atoms with Gasteiger partial charge in [0.1, 0.15) is 0 Å². The van der Waals surface area contributed by atoms with E-state index in [9.17, 15) is 8.42 Å². The van der Waals surface area contributed by atoms with E-state index in [-0.39, 0.29) is 13.0 Å². The van der Waals surface area contributed by atoms with E-state index in [0.717, 1.165) is 17.8 Å². The number of hydrogen-bond acceptors (Lipinski definition) is 5. The maximum absolute atomic E-state index is 13.1. The fraction of sp³-hybridized carbons (Fsp3) is 0.429. The van der Waals surface area contributed by atoms with Crippen molar-refractivity contribution in [3.63, 3.8) is 0 Å². The smallest absolute Gasteiger partial charge is 0.239 e. The van der Waals surface area contributed by atoms with Gasteiger partial charge in [-0.15, -0.1) is 0 Å². The second-order valence-corrected chi connectivity index (χ2v) is 8.55. The van der Waals surface area contributed by atoms with E-state index in [1.807, 2.05) is 19.1 Å². The van der Waals surface area contributed by atoms with Crippen LogP contribution in [0.1, 0.15) is 19.8 Å². The fourth-order valence-corrected chi connectivity index (χ4v) is 4.71. The molecule has 1 fully saturated rings. The van der Waals surface area contributed by atoms with E-state index in [0.29, 0.717) is 37.5 Å². The molecule has 29 heavy (non-hydrogen) atoms. The number of nitrogens with zero attached hydrogens (tertiary/aromatic N) is 4. The van der Waals surface area contributed by atoms with Crippen molar-refractivity contribution in [3.8, 4) is 6.07 Å². The Hall–Kier alpha value is -2.63. The minimum Gasteiger partial charge on any atom is -0.377 e. The number of nitrogens with one attached hydrogen (secondary N) is 1. The summed E-state index contributed by atoms with van der Waals surface area (Å²) < 4.78 is 27.7. The molecule has 1 saturated heterocycles. The Morgan fingerprint density at radius 3 is 2.90 bits per heavy atom. The molecule has 1 aliphatic carbocycles. The van der Waals surface area contributed by atoms with Crippen molar-refractivity contribution in [1.29, 1.82) is 5.26 Å². The number of rotatable bonds is 9. The summed E-state index contributed by atoms with van der Waals surface area (Å²) in [6, 6.07) is 2.12. The van der Waals surface area contributed by atoms with Crippen LogP contribution in [-0.4, -0.2) is 63.2 Å². The van der Waals surface area contributed by atoms with Gasteiger partial charge in [0, 0.05) is 44.8 Å². The van der Waals surface area contributed by atoms with Crippen molar-refractivity contribution < 1.29 is 8.42 Å². The largest absolute Gasteiger partial charge is 0.377 e. The number of nitriles is 1. The molecule has 0 saturated carbocycles. The van der Waals surface area contributed by atoms with E-state index >= 15 is 0 Å². The summed E-state index contributed by atoms with van der Waals surface area (Å²) >= 11 is 0. The first-order valence-electron chi connectivity index (χ1n) is 9.76. The number of aliphatic imine (C=N–C) groups is 1. The summed E-state index contributed by atoms with van der Waals surface area (Å²) in [7, 11) is -3.55. The molecule has 1 N–H and O–H groups in total. The predicted molar refractivity (Wildman–Crippen MR) is 118 cm³/mol. The molecule has 0 spiro atoms. The predicted octanol–water partition coefficient (Wildman–Crippen LogP) is 2.33. The summed E-state index contributed by atoms with van der Waals surface area (Å²) in [5.41, 5.74) is 1.71. The highest BCUT2D eigenvalue weighted by Crippen LogP contribution is 2.27. The van der Waals surface area contributed by atoms with Crippen LogP contribution in [0.3, 0.4) is 0 Å². The molecule has 2 rings (SSSR count). The molecular formula is C21H29N5O2S. The summed E-state index contributed by atoms with van der Waals surface area (Å²) in [5, 5.41) is 12.1. The summed E-state index contributed by atoms with van der Waals surface area (Å²) in [6.45, 7) is 8.98. The molecular weight excluding hydrogens is 386 g/mol. The van der Waals surface area contributed by atoms with E-state index in [1.54, 1.807) is 30.6 Å². The lowest BCUT2D eigenvalue weighted by Crippen LogP contribution is -2.36. The van der Waals surface area contributed by atoms with E-state index in [2.05, 4.69) is 27.9 Å². The summed E-state index contributed by atoms with van der Waals surface area (Å²) in [5.74, 6) is 0. The first kappa shape index (κ1) is 22.7. The maximum Gasteiger partial charge on any atom is 0.239 e. The molecule has 0 aromatic rings. The first-order valence-corrected chi connectivity index (χ1v) is 11.2. The number of sulfonamides is 1. The van der Waals surface area contributed by atoms with Gasteiger partial charge < -0.3 is 10.2 Å². The quantitative estimate of drug-likeness (QED) is 0.461. The third-order valence-corrected chi connectivity index (χ3v) is 6.60. The van der Waals surface area contributed by atoms with Crippen LogP contribution in [0.15, 0.2) is 64.2 Å². The average molecular weight is 416 g/mol. The molecule has 8 heteroatoms. The Kier molecular flexibility index (Phi) is 8.90. The van der Waals surface area contributed by atoms with Crippen LogP contribution in [0.2, 0.25) is 0 Å². The van der Waals surface area contributed by atoms with E-state index < -0.39 is 10.0 Å². The highest BCUT2D eigenvalue weighted by molar-refractivity contribution is 7.93. The molecule has 1 heterocycles. The molecule has 0 aromatic heterocycles. The second-order valence-electron chi connectivity index (χ2n) is 6.56. The van der Waals surface area contributed by atoms with Gasteiger partial charge in [0.2, 0.25) is 10.0 Å². The topological polar surface area (TPSA) is 88.8 Å². The Morgan fingerprint density at radius 1 is 1.41 bits per heavy atom. The third-order valence-electron chi connectivity index (χ3n) is 4.65. The van der Waals surface area contributed by atoms with Gasteiger partial charge in [-0.2, -0.15) is 9.57 Å². The van der Waals surface area contributed by atoms with Gasteiger partial charge >= 0.3 is 0 Å². The van der Waals surface area contributed by atoms with Crippen molar-refractivity contribution in [2.75, 3.05) is 39.3 Å². The fourth-order valence-electron chi connectivity index (χ4n) is 3.19. The lowest BCUT2D eigenvalue weighted by Gasteiger charge is -2.25. The molecule has 0 atom stereocenters. The van der Waals surface area contributed by atoms with E-state index in [1.165, 1.54) is 4.31 Å². The van der Waals surface area contributed by atoms with E-state index in [4.69, 9.17) is 5.26 Å². The monoisotopic (exact) mass is 415 g/mol. The third kappa shape index (κ3) is 6.17. The SMILES string of the molecule is C=C/C=C1\C(=C/CC#N)CN(S(=O)(=O)C2=CC=CC2)CCN1CCN=CNCC. The molecule has 0 aromatic carbocycles. The van der Waals surface area contributed by atoms with Crippen molar-refractivity contribution in [3.05, 3.63) is 59.2 Å². The van der Waals surface area contributed by atoms with Crippen molar-refractivity contribution >= 4 is 16.4 Å². The van der Waals surface area contributed by atoms with Crippen molar-refractivity contribution in [2.45, 2.75) is 19.8 Å². The zero-order valence-corrected chi connectivity index (χ0v) is 17.7. The lowest BCUT2D eigenvalue weighted by atomic mass is 10.1. The highest BCUT2D eigenvalue weighted by Gasteiger charge is 2.31. The average Bonchev–Trinajstić information content (AvgIpc) is 3.20. The van der Waals surface area contributed by atoms with Gasteiger partial charge in [-0.05, 0) is 24.6 Å². The highest BCUT2D eigenvalue weighted by atomic mass is 32.2. The maximum atomic E-state index is 13.1. The van der Waals surface area contributed by atoms with Gasteiger partial charge in [-0.1, -0.05) is 30.9 Å². The van der Waals surface area contributed by atoms with Crippen LogP contribution in [0.25, 0.3) is 0 Å². The van der Waals surface area contributed by atoms with Crippen LogP contribution < -0.4 is 5.32 Å². The van der Waals surface area contributed by atoms with Gasteiger partial charge in [-0.25, -0.2) is 8.42 Å². The van der Waals surface area contributed by atoms with Crippen LogP contribution in [0, 0.1) is 11.3 Å². The Balaban J connectivity index is 2.29. The molecule has 0 unspecified atom stereocenters. The van der Waals surface area contributed by atoms with Crippen molar-refractivity contribution in [1.82, 2.24) is 14.5 Å². The Bertz CT molecular complexity index is 875. The van der Waals surface area contributed by atoms with Crippen LogP contribution in [0.5, 0.6) is 0 Å².